The number of fused-ring (bicyclic) bond motifs is 1. The molecule has 10 heteroatoms. The molecule has 1 aromatic heterocycles. The number of nitrogens with two attached hydrogens (primary N) is 1. The largest absolute Gasteiger partial charge is 0.388 e. The van der Waals surface area contributed by atoms with Gasteiger partial charge in [0.1, 0.15) is 6.29 Å². The molecule has 0 unspecified atom stereocenters. The number of benzene rings is 2. The Morgan fingerprint density at radius 1 is 1.13 bits per heavy atom. The van der Waals surface area contributed by atoms with Crippen LogP contribution in [0.5, 0.6) is 0 Å². The number of aromatic nitrogens is 1. The summed E-state index contributed by atoms with van der Waals surface area (Å²) in [6.45, 7) is 3.76. The van der Waals surface area contributed by atoms with Crippen LogP contribution in [0.25, 0.3) is 27.6 Å². The van der Waals surface area contributed by atoms with Gasteiger partial charge in [0.05, 0.1) is 11.8 Å². The third-order valence-corrected chi connectivity index (χ3v) is 7.80. The smallest absolute Gasteiger partial charge is 0.211 e. The van der Waals surface area contributed by atoms with Crippen molar-refractivity contribution < 1.29 is 18.0 Å². The maximum atomic E-state index is 11.8. The lowest BCUT2D eigenvalue weighted by atomic mass is 9.94. The molecule has 9 nitrogen and oxygen atoms in total. The maximum absolute atomic E-state index is 11.8. The van der Waals surface area contributed by atoms with E-state index in [4.69, 9.17) is 0 Å². The second kappa shape index (κ2) is 14.7. The molecule has 2 aromatic carbocycles. The molecule has 4 rings (SSSR count). The average Bonchev–Trinajstić information content (AvgIpc) is 3.38. The molecule has 2 heterocycles. The molecule has 0 spiro atoms. The van der Waals surface area contributed by atoms with Gasteiger partial charge >= 0.3 is 0 Å². The van der Waals surface area contributed by atoms with Gasteiger partial charge < -0.3 is 25.7 Å². The minimum absolute atomic E-state index is 0.361. The van der Waals surface area contributed by atoms with Gasteiger partial charge in [-0.3, -0.25) is 4.79 Å². The van der Waals surface area contributed by atoms with Crippen LogP contribution in [0.1, 0.15) is 34.5 Å². The molecule has 0 radical (unpaired) electrons. The molecule has 0 saturated carbocycles. The Morgan fingerprint density at radius 3 is 2.36 bits per heavy atom. The van der Waals surface area contributed by atoms with Crippen molar-refractivity contribution in [3.8, 4) is 11.1 Å². The fourth-order valence-electron chi connectivity index (χ4n) is 4.45. The lowest BCUT2D eigenvalue weighted by Gasteiger charge is -2.23. The van der Waals surface area contributed by atoms with E-state index in [0.717, 1.165) is 63.7 Å². The zero-order chi connectivity index (χ0) is 29.2. The van der Waals surface area contributed by atoms with Crippen molar-refractivity contribution in [2.75, 3.05) is 59.4 Å². The van der Waals surface area contributed by atoms with Crippen molar-refractivity contribution >= 4 is 44.8 Å². The molecule has 212 valence electrons. The summed E-state index contributed by atoms with van der Waals surface area (Å²) in [6, 6.07) is 12.1. The van der Waals surface area contributed by atoms with Crippen LogP contribution in [-0.2, 0) is 14.8 Å². The Labute approximate surface area is 232 Å². The molecule has 39 heavy (non-hydrogen) atoms. The van der Waals surface area contributed by atoms with Crippen molar-refractivity contribution in [3.63, 3.8) is 0 Å². The Balaban J connectivity index is 0.000000517. The van der Waals surface area contributed by atoms with Crippen LogP contribution in [0.15, 0.2) is 42.5 Å². The van der Waals surface area contributed by atoms with Gasteiger partial charge in [-0.1, -0.05) is 24.3 Å². The fourth-order valence-corrected chi connectivity index (χ4v) is 5.22. The first-order valence-electron chi connectivity index (χ1n) is 12.8. The van der Waals surface area contributed by atoms with E-state index in [2.05, 4.69) is 35.1 Å². The second-order valence-corrected chi connectivity index (χ2v) is 11.4. The van der Waals surface area contributed by atoms with E-state index in [9.17, 15) is 18.0 Å². The number of rotatable bonds is 8. The van der Waals surface area contributed by atoms with Crippen LogP contribution in [0.3, 0.4) is 0 Å². The first kappa shape index (κ1) is 31.9. The highest BCUT2D eigenvalue weighted by Gasteiger charge is 2.22. The molecule has 0 bridgehead atoms. The molecule has 1 aliphatic rings. The van der Waals surface area contributed by atoms with Gasteiger partial charge in [0, 0.05) is 55.4 Å². The van der Waals surface area contributed by atoms with Crippen molar-refractivity contribution in [2.45, 2.75) is 19.8 Å². The van der Waals surface area contributed by atoms with E-state index in [1.54, 1.807) is 0 Å². The summed E-state index contributed by atoms with van der Waals surface area (Å²) in [5.74, 6) is 0. The minimum atomic E-state index is -3.19. The van der Waals surface area contributed by atoms with Crippen LogP contribution in [0.4, 0.5) is 5.69 Å². The molecule has 4 N–H and O–H groups in total. The SMILES string of the molecule is CN.CN(C)CCC=O.CNc1cccc(-c2ccc(C=O)c3[nH]c(C4=CCN(S(C)(=O)=O)CC4)cc23)c1C. The summed E-state index contributed by atoms with van der Waals surface area (Å²) in [6.07, 6.45) is 6.25. The second-order valence-electron chi connectivity index (χ2n) is 9.38. The van der Waals surface area contributed by atoms with Gasteiger partial charge in [0.25, 0.3) is 0 Å². The van der Waals surface area contributed by atoms with Crippen LogP contribution >= 0.6 is 0 Å². The third kappa shape index (κ3) is 8.09. The number of nitrogens with zero attached hydrogens (tertiary/aromatic N) is 2. The summed E-state index contributed by atoms with van der Waals surface area (Å²) >= 11 is 0. The van der Waals surface area contributed by atoms with Crippen molar-refractivity contribution in [1.82, 2.24) is 14.2 Å². The summed E-state index contributed by atoms with van der Waals surface area (Å²) < 4.78 is 25.0. The number of nitrogens with one attached hydrogen (secondary N) is 2. The number of hydrogen-bond donors (Lipinski definition) is 3. The molecule has 3 aromatic rings. The number of sulfonamides is 1. The predicted octanol–water partition coefficient (Wildman–Crippen LogP) is 3.76. The lowest BCUT2D eigenvalue weighted by molar-refractivity contribution is -0.108. The maximum Gasteiger partial charge on any atom is 0.211 e. The molecule has 0 amide bonds. The summed E-state index contributed by atoms with van der Waals surface area (Å²) in [4.78, 5) is 26.7. The first-order valence-corrected chi connectivity index (χ1v) is 14.6. The minimum Gasteiger partial charge on any atom is -0.388 e. The van der Waals surface area contributed by atoms with E-state index >= 15 is 0 Å². The van der Waals surface area contributed by atoms with Crippen molar-refractivity contribution in [1.29, 1.82) is 0 Å². The number of aldehydes is 2. The van der Waals surface area contributed by atoms with Crippen LogP contribution in [0.2, 0.25) is 0 Å². The lowest BCUT2D eigenvalue weighted by Crippen LogP contribution is -2.33. The van der Waals surface area contributed by atoms with Gasteiger partial charge in [-0.05, 0) is 75.0 Å². The van der Waals surface area contributed by atoms with Crippen molar-refractivity contribution in [2.24, 2.45) is 5.73 Å². The topological polar surface area (TPSA) is 129 Å². The number of hydrogen-bond acceptors (Lipinski definition) is 7. The summed E-state index contributed by atoms with van der Waals surface area (Å²) in [5, 5.41) is 4.21. The fraction of sp³-hybridized carbons (Fsp3) is 0.379. The number of carbonyl (C=O) groups excluding carboxylic acids is 2. The van der Waals surface area contributed by atoms with E-state index < -0.39 is 10.0 Å². The van der Waals surface area contributed by atoms with Gasteiger partial charge in [0.2, 0.25) is 10.0 Å². The Morgan fingerprint density at radius 2 is 1.85 bits per heavy atom. The number of aromatic amines is 1. The summed E-state index contributed by atoms with van der Waals surface area (Å²) in [7, 11) is 4.10. The van der Waals surface area contributed by atoms with Crippen LogP contribution in [-0.4, -0.2) is 89.3 Å². The predicted molar refractivity (Wildman–Crippen MR) is 162 cm³/mol. The first-order chi connectivity index (χ1) is 18.6. The molecular weight excluding hydrogens is 514 g/mol. The monoisotopic (exact) mass is 555 g/mol. The van der Waals surface area contributed by atoms with Crippen LogP contribution in [0, 0.1) is 6.92 Å². The Kier molecular flexibility index (Phi) is 12.1. The summed E-state index contributed by atoms with van der Waals surface area (Å²) in [5.41, 5.74) is 12.3. The number of anilines is 1. The van der Waals surface area contributed by atoms with E-state index in [1.165, 1.54) is 17.6 Å². The molecule has 0 atom stereocenters. The van der Waals surface area contributed by atoms with Gasteiger partial charge in [-0.25, -0.2) is 8.42 Å². The Bertz CT molecular complexity index is 1410. The molecule has 0 aliphatic carbocycles. The van der Waals surface area contributed by atoms with E-state index in [0.29, 0.717) is 31.5 Å². The number of H-pyrrole nitrogens is 1. The third-order valence-electron chi connectivity index (χ3n) is 6.53. The molecule has 1 aliphatic heterocycles. The molecule has 0 fully saturated rings. The van der Waals surface area contributed by atoms with Gasteiger partial charge in [-0.2, -0.15) is 4.31 Å². The molecule has 0 saturated heterocycles. The zero-order valence-electron chi connectivity index (χ0n) is 23.7. The van der Waals surface area contributed by atoms with Crippen molar-refractivity contribution in [3.05, 3.63) is 59.3 Å². The highest BCUT2D eigenvalue weighted by atomic mass is 32.2. The highest BCUT2D eigenvalue weighted by Crippen LogP contribution is 2.37. The van der Waals surface area contributed by atoms with Gasteiger partial charge in [-0.15, -0.1) is 0 Å². The highest BCUT2D eigenvalue weighted by molar-refractivity contribution is 7.88. The molecular formula is C29H41N5O4S. The van der Waals surface area contributed by atoms with Gasteiger partial charge in [0.15, 0.2) is 6.29 Å². The quantitative estimate of drug-likeness (QED) is 0.361. The van der Waals surface area contributed by atoms with E-state index in [1.807, 2.05) is 56.4 Å². The number of carbonyl (C=O) groups is 2. The van der Waals surface area contributed by atoms with E-state index in [-0.39, 0.29) is 0 Å². The zero-order valence-corrected chi connectivity index (χ0v) is 24.6. The average molecular weight is 556 g/mol. The Hall–Kier alpha value is -3.31. The standard InChI is InChI=1S/C23H25N3O3S.C5H11NO.CH5N/c1-15-18(5-4-6-21(15)24-2)19-8-7-17(14-27)23-20(19)13-22(25-23)16-9-11-26(12-10-16)30(3,28)29;1-6(2)4-3-5-7;1-2/h4-9,13-14,24-25H,10-12H2,1-3H3;5H,3-4H2,1-2H3;2H2,1H3. The normalized spacial score (nSPS) is 13.6. The van der Waals surface area contributed by atoms with Crippen LogP contribution < -0.4 is 11.1 Å².